The molecular formula is C19H23NO3. The number of fused-ring (bicyclic) bond motifs is 1. The highest BCUT2D eigenvalue weighted by Crippen LogP contribution is 2.20. The lowest BCUT2D eigenvalue weighted by atomic mass is 10.1. The SMILES string of the molecule is C[C@@H](O)c1ccc2ncc(/C=C/CC(=O)OC(C)(C)C)cc2c1. The molecule has 1 aromatic carbocycles. The molecule has 0 bridgehead atoms. The first-order valence-electron chi connectivity index (χ1n) is 7.71. The third kappa shape index (κ3) is 5.18. The number of carbonyl (C=O) groups excluding carboxylic acids is 1. The standard InChI is InChI=1S/C19H23NO3/c1-13(21)15-8-9-17-16(11-15)10-14(12-20-17)6-5-7-18(22)23-19(2,3)4/h5-6,8-13,21H,7H2,1-4H3/b6-5+/t13-/m1/s1. The molecule has 0 saturated carbocycles. The number of benzene rings is 1. The number of aliphatic hydroxyl groups is 1. The number of pyridine rings is 1. The van der Waals surface area contributed by atoms with E-state index in [1.807, 2.05) is 51.1 Å². The molecule has 4 nitrogen and oxygen atoms in total. The molecule has 0 unspecified atom stereocenters. The number of esters is 1. The largest absolute Gasteiger partial charge is 0.460 e. The summed E-state index contributed by atoms with van der Waals surface area (Å²) in [6, 6.07) is 7.68. The molecule has 0 amide bonds. The summed E-state index contributed by atoms with van der Waals surface area (Å²) >= 11 is 0. The summed E-state index contributed by atoms with van der Waals surface area (Å²) in [5.41, 5.74) is 2.17. The Morgan fingerprint density at radius 2 is 2.09 bits per heavy atom. The van der Waals surface area contributed by atoms with Crippen LogP contribution in [0.3, 0.4) is 0 Å². The van der Waals surface area contributed by atoms with Gasteiger partial charge in [0.2, 0.25) is 0 Å². The number of nitrogens with zero attached hydrogens (tertiary/aromatic N) is 1. The zero-order chi connectivity index (χ0) is 17.0. The van der Waals surface area contributed by atoms with Gasteiger partial charge in [0.25, 0.3) is 0 Å². The molecular weight excluding hydrogens is 290 g/mol. The van der Waals surface area contributed by atoms with Crippen molar-refractivity contribution in [3.63, 3.8) is 0 Å². The first-order chi connectivity index (χ1) is 10.7. The summed E-state index contributed by atoms with van der Waals surface area (Å²) in [4.78, 5) is 16.1. The lowest BCUT2D eigenvalue weighted by Gasteiger charge is -2.18. The minimum absolute atomic E-state index is 0.225. The Labute approximate surface area is 136 Å². The number of aliphatic hydroxyl groups excluding tert-OH is 1. The van der Waals surface area contributed by atoms with E-state index in [4.69, 9.17) is 4.74 Å². The average molecular weight is 313 g/mol. The third-order valence-electron chi connectivity index (χ3n) is 3.22. The topological polar surface area (TPSA) is 59.4 Å². The summed E-state index contributed by atoms with van der Waals surface area (Å²) < 4.78 is 5.25. The smallest absolute Gasteiger partial charge is 0.310 e. The molecule has 0 aliphatic carbocycles. The van der Waals surface area contributed by atoms with Crippen LogP contribution in [0.5, 0.6) is 0 Å². The highest BCUT2D eigenvalue weighted by Gasteiger charge is 2.14. The van der Waals surface area contributed by atoms with Crippen LogP contribution >= 0.6 is 0 Å². The number of aromatic nitrogens is 1. The number of hydrogen-bond donors (Lipinski definition) is 1. The molecule has 0 fully saturated rings. The molecule has 2 aromatic rings. The van der Waals surface area contributed by atoms with E-state index in [-0.39, 0.29) is 12.4 Å². The molecule has 0 radical (unpaired) electrons. The molecule has 122 valence electrons. The Morgan fingerprint density at radius 1 is 1.35 bits per heavy atom. The molecule has 1 aromatic heterocycles. The van der Waals surface area contributed by atoms with Crippen LogP contribution in [0, 0.1) is 0 Å². The maximum atomic E-state index is 11.7. The fraction of sp³-hybridized carbons (Fsp3) is 0.368. The van der Waals surface area contributed by atoms with Crippen LogP contribution in [-0.4, -0.2) is 21.7 Å². The van der Waals surface area contributed by atoms with Crippen LogP contribution in [0.1, 0.15) is 51.3 Å². The first kappa shape index (κ1) is 17.2. The van der Waals surface area contributed by atoms with Crippen LogP contribution in [0.4, 0.5) is 0 Å². The minimum atomic E-state index is -0.509. The van der Waals surface area contributed by atoms with Crippen molar-refractivity contribution < 1.29 is 14.6 Å². The summed E-state index contributed by atoms with van der Waals surface area (Å²) in [6.45, 7) is 7.28. The van der Waals surface area contributed by atoms with Crippen LogP contribution < -0.4 is 0 Å². The van der Waals surface area contributed by atoms with Crippen molar-refractivity contribution in [2.75, 3.05) is 0 Å². The number of carbonyl (C=O) groups is 1. The number of rotatable bonds is 4. The molecule has 2 rings (SSSR count). The Hall–Kier alpha value is -2.20. The molecule has 1 N–H and O–H groups in total. The molecule has 4 heteroatoms. The van der Waals surface area contributed by atoms with Gasteiger partial charge < -0.3 is 9.84 Å². The van der Waals surface area contributed by atoms with Crippen molar-refractivity contribution in [1.29, 1.82) is 0 Å². The van der Waals surface area contributed by atoms with Crippen molar-refractivity contribution in [2.24, 2.45) is 0 Å². The van der Waals surface area contributed by atoms with E-state index < -0.39 is 11.7 Å². The van der Waals surface area contributed by atoms with Gasteiger partial charge in [-0.25, -0.2) is 0 Å². The fourth-order valence-electron chi connectivity index (χ4n) is 2.19. The van der Waals surface area contributed by atoms with Crippen LogP contribution in [0.2, 0.25) is 0 Å². The Balaban J connectivity index is 2.11. The van der Waals surface area contributed by atoms with Crippen molar-refractivity contribution in [1.82, 2.24) is 4.98 Å². The van der Waals surface area contributed by atoms with Gasteiger partial charge in [0.05, 0.1) is 18.0 Å². The summed E-state index contributed by atoms with van der Waals surface area (Å²) in [5, 5.41) is 10.6. The summed E-state index contributed by atoms with van der Waals surface area (Å²) in [6.07, 6.45) is 5.10. The predicted octanol–water partition coefficient (Wildman–Crippen LogP) is 4.03. The Kier molecular flexibility index (Phi) is 5.16. The number of hydrogen-bond acceptors (Lipinski definition) is 4. The van der Waals surface area contributed by atoms with Gasteiger partial charge in [-0.15, -0.1) is 0 Å². The summed E-state index contributed by atoms with van der Waals surface area (Å²) in [7, 11) is 0. The molecule has 23 heavy (non-hydrogen) atoms. The van der Waals surface area contributed by atoms with E-state index in [2.05, 4.69) is 4.98 Å². The second-order valence-corrected chi connectivity index (χ2v) is 6.59. The van der Waals surface area contributed by atoms with E-state index in [1.165, 1.54) is 0 Å². The van der Waals surface area contributed by atoms with E-state index in [0.29, 0.717) is 0 Å². The maximum absolute atomic E-state index is 11.7. The van der Waals surface area contributed by atoms with E-state index >= 15 is 0 Å². The van der Waals surface area contributed by atoms with Gasteiger partial charge in [0, 0.05) is 11.6 Å². The lowest BCUT2D eigenvalue weighted by Crippen LogP contribution is -2.23. The zero-order valence-corrected chi connectivity index (χ0v) is 14.0. The van der Waals surface area contributed by atoms with Crippen LogP contribution in [0.25, 0.3) is 17.0 Å². The number of ether oxygens (including phenoxy) is 1. The fourth-order valence-corrected chi connectivity index (χ4v) is 2.19. The van der Waals surface area contributed by atoms with Crippen molar-refractivity contribution in [3.8, 4) is 0 Å². The van der Waals surface area contributed by atoms with Crippen molar-refractivity contribution in [3.05, 3.63) is 47.7 Å². The van der Waals surface area contributed by atoms with Gasteiger partial charge in [-0.1, -0.05) is 18.2 Å². The van der Waals surface area contributed by atoms with Crippen molar-refractivity contribution >= 4 is 22.9 Å². The first-order valence-corrected chi connectivity index (χ1v) is 7.71. The zero-order valence-electron chi connectivity index (χ0n) is 14.0. The van der Waals surface area contributed by atoms with Gasteiger partial charge in [-0.05, 0) is 57.0 Å². The van der Waals surface area contributed by atoms with Gasteiger partial charge in [0.15, 0.2) is 0 Å². The molecule has 0 spiro atoms. The minimum Gasteiger partial charge on any atom is -0.460 e. The summed E-state index contributed by atoms with van der Waals surface area (Å²) in [5.74, 6) is -0.251. The molecule has 0 aliphatic heterocycles. The van der Waals surface area contributed by atoms with Gasteiger partial charge >= 0.3 is 5.97 Å². The lowest BCUT2D eigenvalue weighted by molar-refractivity contribution is -0.153. The average Bonchev–Trinajstić information content (AvgIpc) is 2.44. The van der Waals surface area contributed by atoms with Gasteiger partial charge in [0.1, 0.15) is 5.60 Å². The second-order valence-electron chi connectivity index (χ2n) is 6.59. The monoisotopic (exact) mass is 313 g/mol. The van der Waals surface area contributed by atoms with Crippen molar-refractivity contribution in [2.45, 2.75) is 45.8 Å². The van der Waals surface area contributed by atoms with E-state index in [0.717, 1.165) is 22.0 Å². The normalized spacial score (nSPS) is 13.4. The van der Waals surface area contributed by atoms with Crippen LogP contribution in [-0.2, 0) is 9.53 Å². The molecule has 1 heterocycles. The highest BCUT2D eigenvalue weighted by atomic mass is 16.6. The maximum Gasteiger partial charge on any atom is 0.310 e. The van der Waals surface area contributed by atoms with Gasteiger partial charge in [-0.2, -0.15) is 0 Å². The second kappa shape index (κ2) is 6.92. The highest BCUT2D eigenvalue weighted by molar-refractivity contribution is 5.81. The molecule has 1 atom stereocenters. The quantitative estimate of drug-likeness (QED) is 0.866. The Bertz CT molecular complexity index is 727. The Morgan fingerprint density at radius 3 is 2.74 bits per heavy atom. The van der Waals surface area contributed by atoms with Gasteiger partial charge in [-0.3, -0.25) is 9.78 Å². The third-order valence-corrected chi connectivity index (χ3v) is 3.22. The molecule has 0 saturated heterocycles. The van der Waals surface area contributed by atoms with E-state index in [1.54, 1.807) is 19.2 Å². The van der Waals surface area contributed by atoms with Crippen LogP contribution in [0.15, 0.2) is 36.5 Å². The molecule has 0 aliphatic rings. The predicted molar refractivity (Wildman–Crippen MR) is 91.9 cm³/mol. The van der Waals surface area contributed by atoms with E-state index in [9.17, 15) is 9.90 Å².